The molecule has 3 aromatic carbocycles. The second kappa shape index (κ2) is 10.8. The standard InChI is InChI=1S/C26H27FN2O5S/c1-33-20-14-16-23(17-15-20)35(31,32)29(25-9-5-4-8-24(25)27)18-26(30)28-19-10-12-22(13-11-19)34-21-6-2-3-7-21/h4-5,8-17,21H,2-3,6-7,18H2,1H3,(H,28,30). The Morgan fingerprint density at radius 2 is 1.60 bits per heavy atom. The van der Waals surface area contributed by atoms with Crippen LogP contribution in [0.4, 0.5) is 15.8 Å². The lowest BCUT2D eigenvalue weighted by Gasteiger charge is -2.24. The molecule has 1 saturated carbocycles. The second-order valence-corrected chi connectivity index (χ2v) is 10.1. The molecule has 0 saturated heterocycles. The molecule has 35 heavy (non-hydrogen) atoms. The van der Waals surface area contributed by atoms with Crippen molar-refractivity contribution >= 4 is 27.3 Å². The molecular weight excluding hydrogens is 471 g/mol. The predicted octanol–water partition coefficient (Wildman–Crippen LogP) is 4.99. The summed E-state index contributed by atoms with van der Waals surface area (Å²) in [5.41, 5.74) is 0.253. The molecule has 4 rings (SSSR count). The highest BCUT2D eigenvalue weighted by Gasteiger charge is 2.29. The number of rotatable bonds is 9. The minimum absolute atomic E-state index is 0.0947. The molecule has 1 N–H and O–H groups in total. The number of anilines is 2. The van der Waals surface area contributed by atoms with Gasteiger partial charge in [0, 0.05) is 5.69 Å². The minimum atomic E-state index is -4.25. The molecule has 0 aromatic heterocycles. The lowest BCUT2D eigenvalue weighted by atomic mass is 10.2. The summed E-state index contributed by atoms with van der Waals surface area (Å²) in [6.07, 6.45) is 4.61. The molecule has 9 heteroatoms. The molecule has 184 valence electrons. The highest BCUT2D eigenvalue weighted by atomic mass is 32.2. The smallest absolute Gasteiger partial charge is 0.264 e. The van der Waals surface area contributed by atoms with Crippen LogP contribution in [-0.2, 0) is 14.8 Å². The molecule has 0 heterocycles. The number of ether oxygens (including phenoxy) is 2. The van der Waals surface area contributed by atoms with Gasteiger partial charge in [0.05, 0.1) is 23.8 Å². The van der Waals surface area contributed by atoms with Gasteiger partial charge in [-0.05, 0) is 86.3 Å². The summed E-state index contributed by atoms with van der Waals surface area (Å²) in [6.45, 7) is -0.615. The number of carbonyl (C=O) groups is 1. The highest BCUT2D eigenvalue weighted by molar-refractivity contribution is 7.92. The van der Waals surface area contributed by atoms with Crippen LogP contribution in [0.3, 0.4) is 0 Å². The third-order valence-electron chi connectivity index (χ3n) is 5.80. The van der Waals surface area contributed by atoms with Crippen LogP contribution >= 0.6 is 0 Å². The number of carbonyl (C=O) groups excluding carboxylic acids is 1. The third kappa shape index (κ3) is 5.92. The zero-order valence-electron chi connectivity index (χ0n) is 19.3. The maximum absolute atomic E-state index is 14.6. The van der Waals surface area contributed by atoms with E-state index in [0.717, 1.165) is 36.1 Å². The fourth-order valence-electron chi connectivity index (χ4n) is 3.97. The zero-order chi connectivity index (χ0) is 24.8. The fraction of sp³-hybridized carbons (Fsp3) is 0.269. The Labute approximate surface area is 204 Å². The van der Waals surface area contributed by atoms with Gasteiger partial charge in [0.15, 0.2) is 0 Å². The summed E-state index contributed by atoms with van der Waals surface area (Å²) < 4.78 is 53.2. The Hall–Kier alpha value is -3.59. The average Bonchev–Trinajstić information content (AvgIpc) is 3.37. The molecule has 7 nitrogen and oxygen atoms in total. The summed E-state index contributed by atoms with van der Waals surface area (Å²) in [5.74, 6) is -0.190. The summed E-state index contributed by atoms with van der Waals surface area (Å²) in [5, 5.41) is 2.68. The summed E-state index contributed by atoms with van der Waals surface area (Å²) in [6, 6.07) is 18.0. The van der Waals surface area contributed by atoms with Crippen molar-refractivity contribution in [1.29, 1.82) is 0 Å². The number of amides is 1. The largest absolute Gasteiger partial charge is 0.497 e. The monoisotopic (exact) mass is 498 g/mol. The topological polar surface area (TPSA) is 84.9 Å². The van der Waals surface area contributed by atoms with E-state index >= 15 is 0 Å². The lowest BCUT2D eigenvalue weighted by Crippen LogP contribution is -2.38. The van der Waals surface area contributed by atoms with Gasteiger partial charge in [-0.1, -0.05) is 12.1 Å². The Morgan fingerprint density at radius 3 is 2.23 bits per heavy atom. The highest BCUT2D eigenvalue weighted by Crippen LogP contribution is 2.28. The number of methoxy groups -OCH3 is 1. The van der Waals surface area contributed by atoms with Crippen LogP contribution in [-0.4, -0.2) is 34.1 Å². The van der Waals surface area contributed by atoms with E-state index in [2.05, 4.69) is 5.32 Å². The molecule has 0 radical (unpaired) electrons. The summed E-state index contributed by atoms with van der Waals surface area (Å²) >= 11 is 0. The van der Waals surface area contributed by atoms with Gasteiger partial charge in [-0.3, -0.25) is 9.10 Å². The normalized spacial score (nSPS) is 13.9. The van der Waals surface area contributed by atoms with E-state index in [1.165, 1.54) is 49.6 Å². The second-order valence-electron chi connectivity index (χ2n) is 8.24. The number of hydrogen-bond acceptors (Lipinski definition) is 5. The van der Waals surface area contributed by atoms with Gasteiger partial charge < -0.3 is 14.8 Å². The van der Waals surface area contributed by atoms with Crippen LogP contribution in [0.1, 0.15) is 25.7 Å². The number of benzene rings is 3. The lowest BCUT2D eigenvalue weighted by molar-refractivity contribution is -0.114. The van der Waals surface area contributed by atoms with Gasteiger partial charge in [0.25, 0.3) is 10.0 Å². The number of nitrogens with zero attached hydrogens (tertiary/aromatic N) is 1. The molecule has 0 aliphatic heterocycles. The Morgan fingerprint density at radius 1 is 0.971 bits per heavy atom. The number of para-hydroxylation sites is 1. The number of halogens is 1. The van der Waals surface area contributed by atoms with E-state index in [4.69, 9.17) is 9.47 Å². The Bertz CT molecular complexity index is 1260. The maximum atomic E-state index is 14.6. The first-order valence-corrected chi connectivity index (χ1v) is 12.8. The maximum Gasteiger partial charge on any atom is 0.264 e. The molecular formula is C26H27FN2O5S. The van der Waals surface area contributed by atoms with E-state index < -0.39 is 28.3 Å². The molecule has 1 fully saturated rings. The van der Waals surface area contributed by atoms with E-state index in [0.29, 0.717) is 17.2 Å². The first-order chi connectivity index (χ1) is 16.9. The molecule has 1 amide bonds. The molecule has 0 bridgehead atoms. The van der Waals surface area contributed by atoms with Gasteiger partial charge >= 0.3 is 0 Å². The van der Waals surface area contributed by atoms with Crippen molar-refractivity contribution in [3.63, 3.8) is 0 Å². The third-order valence-corrected chi connectivity index (χ3v) is 7.57. The van der Waals surface area contributed by atoms with Crippen molar-refractivity contribution in [3.05, 3.63) is 78.6 Å². The van der Waals surface area contributed by atoms with E-state index in [1.54, 1.807) is 24.3 Å². The van der Waals surface area contributed by atoms with Crippen LogP contribution in [0, 0.1) is 5.82 Å². The van der Waals surface area contributed by atoms with Crippen LogP contribution in [0.25, 0.3) is 0 Å². The van der Waals surface area contributed by atoms with Crippen molar-refractivity contribution in [2.45, 2.75) is 36.7 Å². The van der Waals surface area contributed by atoms with Crippen LogP contribution < -0.4 is 19.1 Å². The van der Waals surface area contributed by atoms with Crippen LogP contribution in [0.2, 0.25) is 0 Å². The average molecular weight is 499 g/mol. The van der Waals surface area contributed by atoms with E-state index in [9.17, 15) is 17.6 Å². The fourth-order valence-corrected chi connectivity index (χ4v) is 5.40. The van der Waals surface area contributed by atoms with Gasteiger partial charge in [-0.15, -0.1) is 0 Å². The SMILES string of the molecule is COc1ccc(S(=O)(=O)N(CC(=O)Nc2ccc(OC3CCCC3)cc2)c2ccccc2F)cc1. The minimum Gasteiger partial charge on any atom is -0.497 e. The Balaban J connectivity index is 1.53. The molecule has 1 aliphatic rings. The molecule has 0 unspecified atom stereocenters. The van der Waals surface area contributed by atoms with Crippen molar-refractivity contribution < 1.29 is 27.1 Å². The number of nitrogens with one attached hydrogen (secondary N) is 1. The predicted molar refractivity (Wildman–Crippen MR) is 132 cm³/mol. The quantitative estimate of drug-likeness (QED) is 0.449. The van der Waals surface area contributed by atoms with Crippen molar-refractivity contribution in [3.8, 4) is 11.5 Å². The van der Waals surface area contributed by atoms with Crippen LogP contribution in [0.15, 0.2) is 77.7 Å². The first-order valence-electron chi connectivity index (χ1n) is 11.3. The summed E-state index contributed by atoms with van der Waals surface area (Å²) in [4.78, 5) is 12.8. The molecule has 3 aromatic rings. The molecule has 1 aliphatic carbocycles. The molecule has 0 spiro atoms. The zero-order valence-corrected chi connectivity index (χ0v) is 20.1. The first kappa shape index (κ1) is 24.5. The van der Waals surface area contributed by atoms with Gasteiger partial charge in [-0.25, -0.2) is 12.8 Å². The van der Waals surface area contributed by atoms with Gasteiger partial charge in [0.1, 0.15) is 23.9 Å². The van der Waals surface area contributed by atoms with Gasteiger partial charge in [0.2, 0.25) is 5.91 Å². The van der Waals surface area contributed by atoms with E-state index in [-0.39, 0.29) is 16.7 Å². The Kier molecular flexibility index (Phi) is 7.55. The van der Waals surface area contributed by atoms with Crippen molar-refractivity contribution in [2.75, 3.05) is 23.3 Å². The number of hydrogen-bond donors (Lipinski definition) is 1. The number of sulfonamides is 1. The van der Waals surface area contributed by atoms with Gasteiger partial charge in [-0.2, -0.15) is 0 Å². The molecule has 0 atom stereocenters. The van der Waals surface area contributed by atoms with Crippen molar-refractivity contribution in [1.82, 2.24) is 0 Å². The van der Waals surface area contributed by atoms with Crippen molar-refractivity contribution in [2.24, 2.45) is 0 Å². The van der Waals surface area contributed by atoms with E-state index in [1.807, 2.05) is 0 Å². The summed E-state index contributed by atoms with van der Waals surface area (Å²) in [7, 11) is -2.79. The van der Waals surface area contributed by atoms with Crippen LogP contribution in [0.5, 0.6) is 11.5 Å².